The van der Waals surface area contributed by atoms with Gasteiger partial charge in [-0.25, -0.2) is 0 Å². The average Bonchev–Trinajstić information content (AvgIpc) is 2.89. The van der Waals surface area contributed by atoms with Gasteiger partial charge in [-0.1, -0.05) is 97.1 Å². The first kappa shape index (κ1) is 19.7. The summed E-state index contributed by atoms with van der Waals surface area (Å²) in [6.07, 6.45) is 4.39. The summed E-state index contributed by atoms with van der Waals surface area (Å²) in [7, 11) is 0. The van der Waals surface area contributed by atoms with Crippen molar-refractivity contribution in [3.05, 3.63) is 145 Å². The molecule has 0 spiro atoms. The summed E-state index contributed by atoms with van der Waals surface area (Å²) in [5.41, 5.74) is 8.19. The van der Waals surface area contributed by atoms with E-state index in [0.29, 0.717) is 0 Å². The van der Waals surface area contributed by atoms with Crippen LogP contribution in [-0.4, -0.2) is 0 Å². The molecule has 0 saturated heterocycles. The molecule has 0 saturated carbocycles. The summed E-state index contributed by atoms with van der Waals surface area (Å²) in [5, 5.41) is 0. The van der Waals surface area contributed by atoms with Gasteiger partial charge in [-0.15, -0.1) is 0 Å². The SMILES string of the molecule is C(=C\c1cc(-c2ccccc2)cc(-c2ccccc2)[n+]1-c1ccccc1)/c1ccccc1. The summed E-state index contributed by atoms with van der Waals surface area (Å²) in [4.78, 5) is 0. The van der Waals surface area contributed by atoms with Gasteiger partial charge in [-0.3, -0.25) is 0 Å². The minimum Gasteiger partial charge on any atom is -0.153 e. The van der Waals surface area contributed by atoms with Gasteiger partial charge in [0.05, 0.1) is 0 Å². The highest BCUT2D eigenvalue weighted by Gasteiger charge is 2.22. The third kappa shape index (κ3) is 4.28. The van der Waals surface area contributed by atoms with Crippen LogP contribution in [0.4, 0.5) is 0 Å². The average molecular weight is 411 g/mol. The van der Waals surface area contributed by atoms with Gasteiger partial charge < -0.3 is 0 Å². The first-order chi connectivity index (χ1) is 15.9. The Bertz CT molecular complexity index is 1320. The van der Waals surface area contributed by atoms with Crippen molar-refractivity contribution in [3.8, 4) is 28.1 Å². The molecule has 1 heterocycles. The van der Waals surface area contributed by atoms with Gasteiger partial charge in [-0.2, -0.15) is 4.57 Å². The molecule has 0 aliphatic heterocycles. The van der Waals surface area contributed by atoms with Gasteiger partial charge in [0.25, 0.3) is 0 Å². The van der Waals surface area contributed by atoms with E-state index < -0.39 is 0 Å². The maximum absolute atomic E-state index is 2.33. The number of pyridine rings is 1. The fourth-order valence-corrected chi connectivity index (χ4v) is 3.97. The van der Waals surface area contributed by atoms with Crippen LogP contribution in [0.15, 0.2) is 133 Å². The van der Waals surface area contributed by atoms with Crippen molar-refractivity contribution in [2.75, 3.05) is 0 Å². The third-order valence-corrected chi connectivity index (χ3v) is 5.53. The van der Waals surface area contributed by atoms with Crippen LogP contribution in [0.25, 0.3) is 40.2 Å². The van der Waals surface area contributed by atoms with Gasteiger partial charge in [0.15, 0.2) is 0 Å². The molecule has 0 unspecified atom stereocenters. The van der Waals surface area contributed by atoms with E-state index >= 15 is 0 Å². The van der Waals surface area contributed by atoms with Crippen LogP contribution in [0.1, 0.15) is 11.3 Å². The highest BCUT2D eigenvalue weighted by atomic mass is 15.0. The molecule has 0 bridgehead atoms. The Morgan fingerprint density at radius 3 is 1.59 bits per heavy atom. The van der Waals surface area contributed by atoms with E-state index in [9.17, 15) is 0 Å². The first-order valence-electron chi connectivity index (χ1n) is 10.9. The predicted octanol–water partition coefficient (Wildman–Crippen LogP) is 7.47. The molecule has 152 valence electrons. The maximum atomic E-state index is 2.33. The van der Waals surface area contributed by atoms with Crippen LogP contribution in [0.2, 0.25) is 0 Å². The van der Waals surface area contributed by atoms with Crippen LogP contribution in [0, 0.1) is 0 Å². The van der Waals surface area contributed by atoms with Crippen molar-refractivity contribution in [2.24, 2.45) is 0 Å². The van der Waals surface area contributed by atoms with Crippen molar-refractivity contribution in [1.29, 1.82) is 0 Å². The molecule has 32 heavy (non-hydrogen) atoms. The maximum Gasteiger partial charge on any atom is 0.219 e. The lowest BCUT2D eigenvalue weighted by molar-refractivity contribution is -0.585. The molecule has 0 aliphatic rings. The Hall–Kier alpha value is -4.23. The highest BCUT2D eigenvalue weighted by Crippen LogP contribution is 2.27. The Balaban J connectivity index is 1.78. The largest absolute Gasteiger partial charge is 0.219 e. The fourth-order valence-electron chi connectivity index (χ4n) is 3.97. The minimum absolute atomic E-state index is 1.13. The molecule has 0 amide bonds. The Morgan fingerprint density at radius 1 is 0.438 bits per heavy atom. The minimum atomic E-state index is 1.13. The topological polar surface area (TPSA) is 3.88 Å². The summed E-state index contributed by atoms with van der Waals surface area (Å²) in [5.74, 6) is 0. The summed E-state index contributed by atoms with van der Waals surface area (Å²) < 4.78 is 2.33. The van der Waals surface area contributed by atoms with E-state index in [1.165, 1.54) is 22.3 Å². The zero-order valence-corrected chi connectivity index (χ0v) is 17.8. The van der Waals surface area contributed by atoms with E-state index in [1.807, 2.05) is 6.07 Å². The number of hydrogen-bond donors (Lipinski definition) is 0. The van der Waals surface area contributed by atoms with Gasteiger partial charge in [0.1, 0.15) is 0 Å². The molecule has 4 aromatic carbocycles. The van der Waals surface area contributed by atoms with Crippen LogP contribution >= 0.6 is 0 Å². The van der Waals surface area contributed by atoms with E-state index in [4.69, 9.17) is 0 Å². The van der Waals surface area contributed by atoms with Crippen LogP contribution in [0.5, 0.6) is 0 Å². The lowest BCUT2D eigenvalue weighted by Gasteiger charge is -2.10. The lowest BCUT2D eigenvalue weighted by Crippen LogP contribution is -2.37. The smallest absolute Gasteiger partial charge is 0.153 e. The first-order valence-corrected chi connectivity index (χ1v) is 10.9. The van der Waals surface area contributed by atoms with Crippen LogP contribution < -0.4 is 4.57 Å². The molecule has 0 fully saturated rings. The molecule has 0 aliphatic carbocycles. The van der Waals surface area contributed by atoms with Crippen molar-refractivity contribution in [2.45, 2.75) is 0 Å². The van der Waals surface area contributed by atoms with Crippen molar-refractivity contribution < 1.29 is 4.57 Å². The Morgan fingerprint density at radius 2 is 0.969 bits per heavy atom. The normalized spacial score (nSPS) is 11.0. The summed E-state index contributed by atoms with van der Waals surface area (Å²) in [6, 6.07) is 46.8. The number of hydrogen-bond acceptors (Lipinski definition) is 0. The summed E-state index contributed by atoms with van der Waals surface area (Å²) >= 11 is 0. The van der Waals surface area contributed by atoms with E-state index in [1.54, 1.807) is 0 Å². The zero-order chi connectivity index (χ0) is 21.6. The second-order valence-electron chi connectivity index (χ2n) is 7.70. The van der Waals surface area contributed by atoms with Crippen LogP contribution in [0.3, 0.4) is 0 Å². The molecule has 0 atom stereocenters. The molecule has 5 rings (SSSR count). The predicted molar refractivity (Wildman–Crippen MR) is 134 cm³/mol. The van der Waals surface area contributed by atoms with Crippen molar-refractivity contribution in [3.63, 3.8) is 0 Å². The van der Waals surface area contributed by atoms with E-state index in [0.717, 1.165) is 17.1 Å². The zero-order valence-electron chi connectivity index (χ0n) is 17.8. The number of rotatable bonds is 5. The number of aromatic nitrogens is 1. The molecule has 1 nitrogen and oxygen atoms in total. The number of benzene rings is 4. The fraction of sp³-hybridized carbons (Fsp3) is 0. The van der Waals surface area contributed by atoms with Crippen molar-refractivity contribution in [1.82, 2.24) is 0 Å². The molecular formula is C31H24N+. The molecule has 0 radical (unpaired) electrons. The second kappa shape index (κ2) is 9.28. The number of nitrogens with zero attached hydrogens (tertiary/aromatic N) is 1. The monoisotopic (exact) mass is 410 g/mol. The standard InChI is InChI=1S/C31H24N/c1-5-13-25(14-6-1)21-22-30-23-28(26-15-7-2-8-16-26)24-31(27-17-9-3-10-18-27)32(30)29-19-11-4-12-20-29/h1-24H/q+1/b22-21+. The van der Waals surface area contributed by atoms with Crippen LogP contribution in [-0.2, 0) is 0 Å². The van der Waals surface area contributed by atoms with Gasteiger partial charge >= 0.3 is 0 Å². The van der Waals surface area contributed by atoms with Gasteiger partial charge in [-0.05, 0) is 34.9 Å². The molecular weight excluding hydrogens is 386 g/mol. The van der Waals surface area contributed by atoms with Gasteiger partial charge in [0.2, 0.25) is 17.1 Å². The number of para-hydroxylation sites is 1. The third-order valence-electron chi connectivity index (χ3n) is 5.53. The van der Waals surface area contributed by atoms with E-state index in [-0.39, 0.29) is 0 Å². The lowest BCUT2D eigenvalue weighted by atomic mass is 10.0. The molecule has 1 aromatic heterocycles. The molecule has 0 N–H and O–H groups in total. The van der Waals surface area contributed by atoms with Gasteiger partial charge in [0, 0.05) is 35.9 Å². The van der Waals surface area contributed by atoms with Crippen molar-refractivity contribution >= 4 is 12.2 Å². The van der Waals surface area contributed by atoms with E-state index in [2.05, 4.69) is 144 Å². The quantitative estimate of drug-likeness (QED) is 0.265. The molecule has 1 heteroatoms. The molecule has 5 aromatic rings. The Labute approximate surface area is 189 Å². The summed E-state index contributed by atoms with van der Waals surface area (Å²) in [6.45, 7) is 0. The Kier molecular flexibility index (Phi) is 5.72. The highest BCUT2D eigenvalue weighted by molar-refractivity contribution is 5.74. The second-order valence-corrected chi connectivity index (χ2v) is 7.70.